The average Bonchev–Trinajstić information content (AvgIpc) is 2.88. The summed E-state index contributed by atoms with van der Waals surface area (Å²) in [4.78, 5) is 47.4. The number of phenols is 1. The van der Waals surface area contributed by atoms with Crippen molar-refractivity contribution in [3.05, 3.63) is 65.7 Å². The number of nitrogens with one attached hydrogen (secondary N) is 4. The number of hydrogen-bond acceptors (Lipinski definition) is 7. The number of phenolic OH excluding ortho intramolecular Hbond substituents is 1. The van der Waals surface area contributed by atoms with E-state index in [0.29, 0.717) is 6.42 Å². The number of benzene rings is 2. The number of nitrogens with two attached hydrogens (primary N) is 1. The Morgan fingerprint density at radius 1 is 0.925 bits per heavy atom. The lowest BCUT2D eigenvalue weighted by Gasteiger charge is -2.28. The summed E-state index contributed by atoms with van der Waals surface area (Å²) in [5.41, 5.74) is 7.47. The van der Waals surface area contributed by atoms with Crippen molar-refractivity contribution in [2.75, 3.05) is 6.29 Å². The summed E-state index contributed by atoms with van der Waals surface area (Å²) in [5.74, 6) is -2.21. The second kappa shape index (κ2) is 15.5. The third kappa shape index (κ3) is 11.8. The van der Waals surface area contributed by atoms with Crippen molar-refractivity contribution in [2.24, 2.45) is 11.7 Å². The number of carboxylic acid groups (broad SMARTS) is 1. The van der Waals surface area contributed by atoms with Gasteiger partial charge < -0.3 is 31.5 Å². The fraction of sp³-hybridized carbons (Fsp3) is 0.444. The first-order valence-electron chi connectivity index (χ1n) is 13.0. The summed E-state index contributed by atoms with van der Waals surface area (Å²) in [6.07, 6.45) is -0.835. The van der Waals surface area contributed by atoms with Gasteiger partial charge in [-0.3, -0.25) is 24.3 Å². The van der Waals surface area contributed by atoms with Gasteiger partial charge in [0.15, 0.2) is 0 Å². The maximum atomic E-state index is 13.0. The van der Waals surface area contributed by atoms with Crippen LogP contribution in [0.15, 0.2) is 54.6 Å². The Morgan fingerprint density at radius 3 is 2.10 bits per heavy atom. The van der Waals surface area contributed by atoms with Crippen LogP contribution in [0.3, 0.4) is 0 Å². The van der Waals surface area contributed by atoms with Crippen LogP contribution in [-0.2, 0) is 31.8 Å². The molecule has 13 heteroatoms. The van der Waals surface area contributed by atoms with E-state index in [4.69, 9.17) is 5.73 Å². The quantitative estimate of drug-likeness (QED) is 0.106. The number of aromatic hydroxyl groups is 1. The molecule has 0 saturated carbocycles. The van der Waals surface area contributed by atoms with Crippen LogP contribution < -0.4 is 26.8 Å². The summed E-state index contributed by atoms with van der Waals surface area (Å²) >= 11 is 0. The number of carboxylic acids is 1. The topological polar surface area (TPSA) is 203 Å². The number of carbonyl (C=O) groups is 3. The van der Waals surface area contributed by atoms with Crippen LogP contribution in [-0.4, -0.2) is 63.5 Å². The smallest absolute Gasteiger partial charge is 0.320 e. The number of carbonyl (C=O) groups excluding carboxylic acids is 2. The highest BCUT2D eigenvalue weighted by Crippen LogP contribution is 2.34. The molecule has 2 rings (SSSR count). The molecule has 12 nitrogen and oxygen atoms in total. The number of rotatable bonds is 16. The maximum absolute atomic E-state index is 13.0. The normalized spacial score (nSPS) is 15.8. The highest BCUT2D eigenvalue weighted by Gasteiger charge is 2.29. The molecule has 0 aromatic heterocycles. The standard InChI is InChI=1S/C27H40N5O7P/c1-17(2)13-23(27(36)37)31-24(15-19-7-5-4-6-8-19)32-40(38,39)16-29-25(34)18(3)30-26(35)22(28)14-20-9-11-21(33)12-10-20/h4-12,17-18,22-24,31,33H,13-16,28H2,1-3H3,(H,29,34)(H,30,35)(H,36,37)(H2,32,38,39)/t18-,22?,23?,24?/m0/s1. The highest BCUT2D eigenvalue weighted by molar-refractivity contribution is 7.55. The monoisotopic (exact) mass is 577 g/mol. The molecule has 220 valence electrons. The van der Waals surface area contributed by atoms with Crippen molar-refractivity contribution in [2.45, 2.75) is 64.3 Å². The van der Waals surface area contributed by atoms with Gasteiger partial charge in [0.25, 0.3) is 7.52 Å². The van der Waals surface area contributed by atoms with Crippen molar-refractivity contribution in [3.8, 4) is 5.75 Å². The van der Waals surface area contributed by atoms with Crippen LogP contribution in [0.2, 0.25) is 0 Å². The third-order valence-electron chi connectivity index (χ3n) is 6.00. The van der Waals surface area contributed by atoms with Crippen LogP contribution in [0.1, 0.15) is 38.3 Å². The van der Waals surface area contributed by atoms with E-state index in [0.717, 1.165) is 11.1 Å². The minimum absolute atomic E-state index is 0.0668. The molecule has 9 N–H and O–H groups in total. The molecule has 2 amide bonds. The lowest BCUT2D eigenvalue weighted by Crippen LogP contribution is -2.52. The fourth-order valence-electron chi connectivity index (χ4n) is 3.94. The Morgan fingerprint density at radius 2 is 1.52 bits per heavy atom. The molecule has 2 aromatic rings. The lowest BCUT2D eigenvalue weighted by molar-refractivity contribution is -0.140. The summed E-state index contributed by atoms with van der Waals surface area (Å²) in [5, 5.41) is 29.4. The van der Waals surface area contributed by atoms with Gasteiger partial charge in [-0.15, -0.1) is 0 Å². The van der Waals surface area contributed by atoms with Crippen molar-refractivity contribution in [1.29, 1.82) is 0 Å². The van der Waals surface area contributed by atoms with E-state index in [-0.39, 0.29) is 24.5 Å². The summed E-state index contributed by atoms with van der Waals surface area (Å²) in [7, 11) is -4.20. The van der Waals surface area contributed by atoms with Gasteiger partial charge in [0, 0.05) is 6.42 Å². The first kappa shape index (κ1) is 32.9. The fourth-order valence-corrected chi connectivity index (χ4v) is 5.05. The Bertz CT molecular complexity index is 1160. The molecule has 40 heavy (non-hydrogen) atoms. The van der Waals surface area contributed by atoms with Gasteiger partial charge in [-0.2, -0.15) is 0 Å². The number of hydrogen-bond donors (Lipinski definition) is 8. The van der Waals surface area contributed by atoms with Gasteiger partial charge >= 0.3 is 5.97 Å². The van der Waals surface area contributed by atoms with Gasteiger partial charge in [0.2, 0.25) is 11.8 Å². The average molecular weight is 578 g/mol. The highest BCUT2D eigenvalue weighted by atomic mass is 31.2. The zero-order valence-electron chi connectivity index (χ0n) is 22.9. The molecule has 0 radical (unpaired) electrons. The molecule has 2 aromatic carbocycles. The molecule has 0 aliphatic carbocycles. The zero-order valence-corrected chi connectivity index (χ0v) is 23.8. The van der Waals surface area contributed by atoms with Crippen LogP contribution in [0.4, 0.5) is 0 Å². The minimum atomic E-state index is -4.20. The van der Waals surface area contributed by atoms with E-state index in [1.54, 1.807) is 24.3 Å². The molecule has 0 spiro atoms. The second-order valence-corrected chi connectivity index (χ2v) is 12.1. The van der Waals surface area contributed by atoms with Crippen molar-refractivity contribution >= 4 is 25.3 Å². The van der Waals surface area contributed by atoms with E-state index >= 15 is 0 Å². The first-order chi connectivity index (χ1) is 18.8. The van der Waals surface area contributed by atoms with E-state index in [9.17, 15) is 34.1 Å². The van der Waals surface area contributed by atoms with Crippen molar-refractivity contribution < 1.29 is 34.1 Å². The van der Waals surface area contributed by atoms with Gasteiger partial charge in [0.1, 0.15) is 24.1 Å². The number of amides is 2. The SMILES string of the molecule is CC(C)CC(NC(Cc1ccccc1)NP(=O)(O)CNC(=O)[C@H](C)NC(=O)C(N)Cc1ccc(O)cc1)C(=O)O. The van der Waals surface area contributed by atoms with Crippen LogP contribution in [0.5, 0.6) is 5.75 Å². The molecule has 0 aliphatic heterocycles. The summed E-state index contributed by atoms with van der Waals surface area (Å²) in [6.45, 7) is 5.17. The Labute approximate surface area is 234 Å². The predicted molar refractivity (Wildman–Crippen MR) is 151 cm³/mol. The Balaban J connectivity index is 1.97. The van der Waals surface area contributed by atoms with Crippen LogP contribution in [0, 0.1) is 5.92 Å². The molecule has 0 fully saturated rings. The lowest BCUT2D eigenvalue weighted by atomic mass is 10.0. The molecule has 0 aliphatic rings. The number of aliphatic carboxylic acids is 1. The van der Waals surface area contributed by atoms with Gasteiger partial charge in [-0.05, 0) is 48.9 Å². The maximum Gasteiger partial charge on any atom is 0.320 e. The van der Waals surface area contributed by atoms with Crippen molar-refractivity contribution in [1.82, 2.24) is 21.0 Å². The molecule has 0 saturated heterocycles. The Kier molecular flexibility index (Phi) is 12.8. The predicted octanol–water partition coefficient (Wildman–Crippen LogP) is 1.27. The largest absolute Gasteiger partial charge is 0.508 e. The Hall–Kier alpha value is -3.28. The van der Waals surface area contributed by atoms with Crippen LogP contribution in [0.25, 0.3) is 0 Å². The molecular weight excluding hydrogens is 537 g/mol. The summed E-state index contributed by atoms with van der Waals surface area (Å²) < 4.78 is 13.0. The first-order valence-corrected chi connectivity index (χ1v) is 14.8. The van der Waals surface area contributed by atoms with E-state index in [2.05, 4.69) is 21.0 Å². The minimum Gasteiger partial charge on any atom is -0.508 e. The van der Waals surface area contributed by atoms with Crippen molar-refractivity contribution in [3.63, 3.8) is 0 Å². The molecular formula is C27H40N5O7P. The van der Waals surface area contributed by atoms with Crippen LogP contribution >= 0.6 is 7.52 Å². The molecule has 4 unspecified atom stereocenters. The molecule has 0 bridgehead atoms. The zero-order chi connectivity index (χ0) is 29.9. The van der Waals surface area contributed by atoms with Gasteiger partial charge in [-0.25, -0.2) is 5.09 Å². The van der Waals surface area contributed by atoms with E-state index in [1.165, 1.54) is 19.1 Å². The van der Waals surface area contributed by atoms with Gasteiger partial charge in [0.05, 0.1) is 12.2 Å². The van der Waals surface area contributed by atoms with E-state index in [1.807, 2.05) is 32.0 Å². The third-order valence-corrected chi connectivity index (χ3v) is 7.30. The molecule has 5 atom stereocenters. The van der Waals surface area contributed by atoms with E-state index < -0.39 is 55.9 Å². The van der Waals surface area contributed by atoms with Gasteiger partial charge in [-0.1, -0.05) is 56.3 Å². The molecule has 0 heterocycles. The summed E-state index contributed by atoms with van der Waals surface area (Å²) in [6, 6.07) is 12.3. The second-order valence-electron chi connectivity index (χ2n) is 10.2.